The van der Waals surface area contributed by atoms with Gasteiger partial charge >= 0.3 is 0 Å². The predicted molar refractivity (Wildman–Crippen MR) is 71.0 cm³/mol. The molecule has 1 aromatic heterocycles. The minimum Gasteiger partial charge on any atom is -0.486 e. The fraction of sp³-hybridized carbons (Fsp3) is 0.231. The Hall–Kier alpha value is -2.70. The number of aromatic nitrogens is 1. The van der Waals surface area contributed by atoms with Crippen molar-refractivity contribution in [1.29, 1.82) is 0 Å². The van der Waals surface area contributed by atoms with Crippen LogP contribution in [0.25, 0.3) is 0 Å². The number of ether oxygens (including phenoxy) is 2. The molecule has 0 saturated heterocycles. The van der Waals surface area contributed by atoms with Crippen LogP contribution in [0.3, 0.4) is 0 Å². The number of hydrogen-bond acceptors (Lipinski definition) is 6. The Labute approximate surface area is 114 Å². The molecule has 0 aliphatic carbocycles. The normalized spacial score (nSPS) is 13.1. The van der Waals surface area contributed by atoms with Crippen LogP contribution in [0.15, 0.2) is 22.7 Å². The summed E-state index contributed by atoms with van der Waals surface area (Å²) in [5.41, 5.74) is 6.83. The standard InChI is InChI=1S/C13H13N3O4/c1-7-11(12(14)20-16-7)13(17)15-8-2-3-9-10(6-8)19-5-4-18-9/h2-3,6H,4-5,14H2,1H3,(H,15,17). The molecule has 0 radical (unpaired) electrons. The first-order valence-electron chi connectivity index (χ1n) is 6.08. The molecule has 3 rings (SSSR count). The average Bonchev–Trinajstić information content (AvgIpc) is 2.78. The molecule has 7 heteroatoms. The lowest BCUT2D eigenvalue weighted by atomic mass is 10.2. The Kier molecular flexibility index (Phi) is 2.94. The SMILES string of the molecule is Cc1noc(N)c1C(=O)Nc1ccc2c(c1)OCCO2. The van der Waals surface area contributed by atoms with Crippen LogP contribution in [0, 0.1) is 6.92 Å². The van der Waals surface area contributed by atoms with Crippen LogP contribution in [0.5, 0.6) is 11.5 Å². The van der Waals surface area contributed by atoms with Crippen LogP contribution < -0.4 is 20.5 Å². The van der Waals surface area contributed by atoms with Crippen LogP contribution >= 0.6 is 0 Å². The lowest BCUT2D eigenvalue weighted by Crippen LogP contribution is -2.17. The first kappa shape index (κ1) is 12.3. The molecular formula is C13H13N3O4. The Bertz CT molecular complexity index is 646. The van der Waals surface area contributed by atoms with E-state index in [1.165, 1.54) is 0 Å². The van der Waals surface area contributed by atoms with E-state index in [1.807, 2.05) is 0 Å². The van der Waals surface area contributed by atoms with E-state index in [1.54, 1.807) is 25.1 Å². The second-order valence-electron chi connectivity index (χ2n) is 4.32. The highest BCUT2D eigenvalue weighted by atomic mass is 16.6. The fourth-order valence-electron chi connectivity index (χ4n) is 1.98. The number of hydrogen-bond donors (Lipinski definition) is 2. The predicted octanol–water partition coefficient (Wildman–Crippen LogP) is 1.59. The molecule has 1 aromatic carbocycles. The molecule has 3 N–H and O–H groups in total. The molecule has 1 aliphatic heterocycles. The van der Waals surface area contributed by atoms with Gasteiger partial charge in [0.1, 0.15) is 18.8 Å². The highest BCUT2D eigenvalue weighted by Crippen LogP contribution is 2.32. The zero-order valence-corrected chi connectivity index (χ0v) is 10.8. The number of amides is 1. The Balaban J connectivity index is 1.83. The Morgan fingerprint density at radius 3 is 2.75 bits per heavy atom. The molecule has 0 spiro atoms. The van der Waals surface area contributed by atoms with Crippen molar-refractivity contribution in [3.8, 4) is 11.5 Å². The van der Waals surface area contributed by atoms with Crippen LogP contribution in [0.4, 0.5) is 11.6 Å². The number of benzene rings is 1. The van der Waals surface area contributed by atoms with Crippen molar-refractivity contribution >= 4 is 17.5 Å². The van der Waals surface area contributed by atoms with Gasteiger partial charge in [0.05, 0.1) is 5.69 Å². The van der Waals surface area contributed by atoms with E-state index >= 15 is 0 Å². The summed E-state index contributed by atoms with van der Waals surface area (Å²) in [7, 11) is 0. The van der Waals surface area contributed by atoms with Crippen LogP contribution in [-0.2, 0) is 0 Å². The van der Waals surface area contributed by atoms with Gasteiger partial charge in [0.25, 0.3) is 5.91 Å². The third-order valence-corrected chi connectivity index (χ3v) is 2.92. The second-order valence-corrected chi connectivity index (χ2v) is 4.32. The number of nitrogens with one attached hydrogen (secondary N) is 1. The smallest absolute Gasteiger partial charge is 0.263 e. The number of nitrogens with two attached hydrogens (primary N) is 1. The van der Waals surface area contributed by atoms with E-state index in [2.05, 4.69) is 10.5 Å². The summed E-state index contributed by atoms with van der Waals surface area (Å²) in [5, 5.41) is 6.37. The van der Waals surface area contributed by atoms with Crippen molar-refractivity contribution in [1.82, 2.24) is 5.16 Å². The summed E-state index contributed by atoms with van der Waals surface area (Å²) in [5.74, 6) is 0.884. The van der Waals surface area contributed by atoms with Crippen molar-refractivity contribution < 1.29 is 18.8 Å². The van der Waals surface area contributed by atoms with Gasteiger partial charge in [-0.2, -0.15) is 0 Å². The molecule has 1 amide bonds. The van der Waals surface area contributed by atoms with Crippen molar-refractivity contribution in [2.45, 2.75) is 6.92 Å². The third kappa shape index (κ3) is 2.13. The maximum absolute atomic E-state index is 12.1. The summed E-state index contributed by atoms with van der Waals surface area (Å²) in [6.45, 7) is 2.66. The van der Waals surface area contributed by atoms with E-state index in [4.69, 9.17) is 19.7 Å². The number of carbonyl (C=O) groups is 1. The molecule has 20 heavy (non-hydrogen) atoms. The number of rotatable bonds is 2. The van der Waals surface area contributed by atoms with Gasteiger partial charge in [0.15, 0.2) is 11.5 Å². The number of nitrogen functional groups attached to an aromatic ring is 1. The van der Waals surface area contributed by atoms with Gasteiger partial charge in [-0.25, -0.2) is 0 Å². The Morgan fingerprint density at radius 1 is 1.30 bits per heavy atom. The number of anilines is 2. The summed E-state index contributed by atoms with van der Waals surface area (Å²) < 4.78 is 15.6. The minimum atomic E-state index is -0.377. The van der Waals surface area contributed by atoms with Crippen molar-refractivity contribution in [3.05, 3.63) is 29.5 Å². The maximum atomic E-state index is 12.1. The molecule has 0 unspecified atom stereocenters. The zero-order valence-electron chi connectivity index (χ0n) is 10.8. The van der Waals surface area contributed by atoms with Gasteiger partial charge in [-0.05, 0) is 19.1 Å². The summed E-state index contributed by atoms with van der Waals surface area (Å²) >= 11 is 0. The summed E-state index contributed by atoms with van der Waals surface area (Å²) in [4.78, 5) is 12.1. The number of aryl methyl sites for hydroxylation is 1. The highest BCUT2D eigenvalue weighted by molar-refractivity contribution is 6.07. The number of nitrogens with zero attached hydrogens (tertiary/aromatic N) is 1. The molecule has 0 atom stereocenters. The summed E-state index contributed by atoms with van der Waals surface area (Å²) in [6, 6.07) is 5.17. The number of fused-ring (bicyclic) bond motifs is 1. The van der Waals surface area contributed by atoms with E-state index in [-0.39, 0.29) is 17.4 Å². The molecule has 2 aromatic rings. The van der Waals surface area contributed by atoms with Gasteiger partial charge in [-0.3, -0.25) is 4.79 Å². The van der Waals surface area contributed by atoms with Crippen molar-refractivity contribution in [2.24, 2.45) is 0 Å². The van der Waals surface area contributed by atoms with Gasteiger partial charge in [0.2, 0.25) is 5.88 Å². The van der Waals surface area contributed by atoms with Gasteiger partial charge in [-0.1, -0.05) is 5.16 Å². The lowest BCUT2D eigenvalue weighted by Gasteiger charge is -2.18. The van der Waals surface area contributed by atoms with Gasteiger partial charge in [0, 0.05) is 11.8 Å². The van der Waals surface area contributed by atoms with Crippen LogP contribution in [0.2, 0.25) is 0 Å². The van der Waals surface area contributed by atoms with Crippen LogP contribution in [-0.4, -0.2) is 24.3 Å². The monoisotopic (exact) mass is 275 g/mol. The third-order valence-electron chi connectivity index (χ3n) is 2.92. The van der Waals surface area contributed by atoms with E-state index < -0.39 is 0 Å². The second kappa shape index (κ2) is 4.76. The minimum absolute atomic E-state index is 0.00227. The first-order valence-corrected chi connectivity index (χ1v) is 6.08. The molecule has 1 aliphatic rings. The maximum Gasteiger partial charge on any atom is 0.263 e. The molecule has 0 saturated carbocycles. The molecule has 7 nitrogen and oxygen atoms in total. The van der Waals surface area contributed by atoms with Crippen LogP contribution in [0.1, 0.15) is 16.1 Å². The summed E-state index contributed by atoms with van der Waals surface area (Å²) in [6.07, 6.45) is 0. The van der Waals surface area contributed by atoms with Gasteiger partial charge in [-0.15, -0.1) is 0 Å². The van der Waals surface area contributed by atoms with E-state index in [9.17, 15) is 4.79 Å². The first-order chi connectivity index (χ1) is 9.65. The molecule has 104 valence electrons. The molecule has 0 fully saturated rings. The van der Waals surface area contributed by atoms with E-state index in [0.717, 1.165) is 0 Å². The molecule has 2 heterocycles. The fourth-order valence-corrected chi connectivity index (χ4v) is 1.98. The van der Waals surface area contributed by atoms with Crippen molar-refractivity contribution in [2.75, 3.05) is 24.3 Å². The molecular weight excluding hydrogens is 262 g/mol. The van der Waals surface area contributed by atoms with Gasteiger partial charge < -0.3 is 25.0 Å². The largest absolute Gasteiger partial charge is 0.486 e. The highest BCUT2D eigenvalue weighted by Gasteiger charge is 2.19. The molecule has 0 bridgehead atoms. The quantitative estimate of drug-likeness (QED) is 0.863. The number of carbonyl (C=O) groups excluding carboxylic acids is 1. The van der Waals surface area contributed by atoms with Crippen molar-refractivity contribution in [3.63, 3.8) is 0 Å². The lowest BCUT2D eigenvalue weighted by molar-refractivity contribution is 0.102. The topological polar surface area (TPSA) is 99.6 Å². The Morgan fingerprint density at radius 2 is 2.05 bits per heavy atom. The average molecular weight is 275 g/mol. The zero-order chi connectivity index (χ0) is 14.1. The van der Waals surface area contributed by atoms with E-state index in [0.29, 0.717) is 36.1 Å².